The van der Waals surface area contributed by atoms with Crippen molar-refractivity contribution >= 4 is 11.8 Å². The molecule has 0 aromatic heterocycles. The van der Waals surface area contributed by atoms with E-state index >= 15 is 0 Å². The summed E-state index contributed by atoms with van der Waals surface area (Å²) in [7, 11) is 0. The molecule has 15 heavy (non-hydrogen) atoms. The van der Waals surface area contributed by atoms with Gasteiger partial charge in [-0.15, -0.1) is 0 Å². The van der Waals surface area contributed by atoms with Crippen LogP contribution >= 0.6 is 11.8 Å². The second kappa shape index (κ2) is 4.24. The molecule has 3 saturated heterocycles. The van der Waals surface area contributed by atoms with Gasteiger partial charge in [-0.25, -0.2) is 0 Å². The third kappa shape index (κ3) is 1.82. The number of morpholine rings is 1. The first-order chi connectivity index (χ1) is 7.41. The summed E-state index contributed by atoms with van der Waals surface area (Å²) < 4.78 is 5.59. The summed E-state index contributed by atoms with van der Waals surface area (Å²) in [6.45, 7) is 5.34. The molecule has 0 saturated carbocycles. The maximum atomic E-state index is 5.59. The average Bonchev–Trinajstić information content (AvgIpc) is 2.31. The highest BCUT2D eigenvalue weighted by atomic mass is 32.2. The lowest BCUT2D eigenvalue weighted by Gasteiger charge is -2.55. The first-order valence-electron chi connectivity index (χ1n) is 6.04. The van der Waals surface area contributed by atoms with Crippen LogP contribution in [0.2, 0.25) is 0 Å². The van der Waals surface area contributed by atoms with Gasteiger partial charge in [0.2, 0.25) is 0 Å². The molecule has 3 aliphatic heterocycles. The van der Waals surface area contributed by atoms with Gasteiger partial charge in [0, 0.05) is 31.2 Å². The summed E-state index contributed by atoms with van der Waals surface area (Å²) in [5, 5.41) is 3.61. The van der Waals surface area contributed by atoms with Gasteiger partial charge in [0.15, 0.2) is 0 Å². The largest absolute Gasteiger partial charge is 0.378 e. The molecule has 0 aliphatic carbocycles. The minimum absolute atomic E-state index is 0.470. The molecule has 3 nitrogen and oxygen atoms in total. The Morgan fingerprint density at radius 2 is 2.20 bits per heavy atom. The molecule has 86 valence electrons. The Bertz CT molecular complexity index is 223. The number of ether oxygens (including phenoxy) is 1. The molecule has 1 spiro atoms. The van der Waals surface area contributed by atoms with Gasteiger partial charge in [-0.3, -0.25) is 4.90 Å². The lowest BCUT2D eigenvalue weighted by Crippen LogP contribution is -2.69. The van der Waals surface area contributed by atoms with Crippen LogP contribution in [-0.2, 0) is 4.74 Å². The van der Waals surface area contributed by atoms with Crippen LogP contribution in [0.25, 0.3) is 0 Å². The minimum atomic E-state index is 0.470. The molecule has 3 fully saturated rings. The van der Waals surface area contributed by atoms with Crippen LogP contribution in [0.5, 0.6) is 0 Å². The first kappa shape index (κ1) is 10.4. The number of hydrogen-bond donors (Lipinski definition) is 1. The van der Waals surface area contributed by atoms with Gasteiger partial charge < -0.3 is 10.1 Å². The number of piperazine rings is 1. The van der Waals surface area contributed by atoms with Gasteiger partial charge >= 0.3 is 0 Å². The lowest BCUT2D eigenvalue weighted by molar-refractivity contribution is -0.0844. The van der Waals surface area contributed by atoms with E-state index in [1.165, 1.54) is 30.9 Å². The topological polar surface area (TPSA) is 24.5 Å². The third-order valence-corrected chi connectivity index (χ3v) is 5.08. The molecule has 0 amide bonds. The Morgan fingerprint density at radius 3 is 3.07 bits per heavy atom. The Morgan fingerprint density at radius 1 is 1.33 bits per heavy atom. The molecule has 0 bridgehead atoms. The van der Waals surface area contributed by atoms with Crippen molar-refractivity contribution in [3.8, 4) is 0 Å². The van der Waals surface area contributed by atoms with E-state index in [4.69, 9.17) is 4.74 Å². The van der Waals surface area contributed by atoms with Crippen molar-refractivity contribution in [1.82, 2.24) is 10.2 Å². The fourth-order valence-corrected chi connectivity index (χ4v) is 4.49. The minimum Gasteiger partial charge on any atom is -0.378 e. The number of rotatable bonds is 0. The van der Waals surface area contributed by atoms with E-state index in [1.54, 1.807) is 0 Å². The van der Waals surface area contributed by atoms with Crippen LogP contribution in [0, 0.1) is 0 Å². The van der Waals surface area contributed by atoms with E-state index in [0.717, 1.165) is 26.3 Å². The zero-order chi connectivity index (χ0) is 10.1. The van der Waals surface area contributed by atoms with Crippen LogP contribution in [0.1, 0.15) is 12.8 Å². The van der Waals surface area contributed by atoms with Crippen molar-refractivity contribution in [3.05, 3.63) is 0 Å². The molecular weight excluding hydrogens is 208 g/mol. The molecule has 3 aliphatic rings. The summed E-state index contributed by atoms with van der Waals surface area (Å²) in [6.07, 6.45) is 2.72. The molecule has 1 unspecified atom stereocenters. The van der Waals surface area contributed by atoms with Gasteiger partial charge in [-0.05, 0) is 24.3 Å². The van der Waals surface area contributed by atoms with Crippen LogP contribution in [-0.4, -0.2) is 60.8 Å². The summed E-state index contributed by atoms with van der Waals surface area (Å²) >= 11 is 2.12. The quantitative estimate of drug-likeness (QED) is 0.655. The number of hydrogen-bond acceptors (Lipinski definition) is 4. The van der Waals surface area contributed by atoms with Gasteiger partial charge in [-0.2, -0.15) is 11.8 Å². The summed E-state index contributed by atoms with van der Waals surface area (Å²) in [5.41, 5.74) is 0.470. The van der Waals surface area contributed by atoms with Crippen LogP contribution in [0.15, 0.2) is 0 Å². The molecule has 0 aromatic rings. The first-order valence-corrected chi connectivity index (χ1v) is 7.19. The van der Waals surface area contributed by atoms with E-state index in [9.17, 15) is 0 Å². The van der Waals surface area contributed by atoms with Crippen LogP contribution < -0.4 is 5.32 Å². The van der Waals surface area contributed by atoms with Crippen molar-refractivity contribution in [2.45, 2.75) is 24.4 Å². The Balaban J connectivity index is 1.79. The van der Waals surface area contributed by atoms with Crippen LogP contribution in [0.3, 0.4) is 0 Å². The Hall–Kier alpha value is 0.230. The smallest absolute Gasteiger partial charge is 0.0635 e. The molecule has 0 radical (unpaired) electrons. The maximum absolute atomic E-state index is 5.59. The predicted molar refractivity (Wildman–Crippen MR) is 63.5 cm³/mol. The molecule has 3 heterocycles. The van der Waals surface area contributed by atoms with Crippen molar-refractivity contribution in [3.63, 3.8) is 0 Å². The third-order valence-electron chi connectivity index (χ3n) is 4.09. The monoisotopic (exact) mass is 228 g/mol. The number of fused-ring (bicyclic) bond motifs is 2. The SMILES string of the molecule is C1CN2C(CNCC23CCSCC3)CO1. The van der Waals surface area contributed by atoms with Gasteiger partial charge in [0.25, 0.3) is 0 Å². The zero-order valence-corrected chi connectivity index (χ0v) is 10.0. The lowest BCUT2D eigenvalue weighted by atomic mass is 9.85. The Labute approximate surface area is 95.9 Å². The fourth-order valence-electron chi connectivity index (χ4n) is 3.24. The molecule has 3 rings (SSSR count). The van der Waals surface area contributed by atoms with E-state index in [-0.39, 0.29) is 0 Å². The number of nitrogens with zero attached hydrogens (tertiary/aromatic N) is 1. The second-order valence-electron chi connectivity index (χ2n) is 4.89. The Kier molecular flexibility index (Phi) is 2.94. The van der Waals surface area contributed by atoms with E-state index in [1.807, 2.05) is 0 Å². The van der Waals surface area contributed by atoms with Crippen molar-refractivity contribution in [2.24, 2.45) is 0 Å². The van der Waals surface area contributed by atoms with E-state index in [0.29, 0.717) is 11.6 Å². The van der Waals surface area contributed by atoms with E-state index < -0.39 is 0 Å². The van der Waals surface area contributed by atoms with Crippen LogP contribution in [0.4, 0.5) is 0 Å². The molecule has 0 aromatic carbocycles. The predicted octanol–water partition coefficient (Wildman–Crippen LogP) is 0.556. The average molecular weight is 228 g/mol. The van der Waals surface area contributed by atoms with Gasteiger partial charge in [0.1, 0.15) is 0 Å². The highest BCUT2D eigenvalue weighted by molar-refractivity contribution is 7.99. The molecule has 1 atom stereocenters. The van der Waals surface area contributed by atoms with E-state index in [2.05, 4.69) is 22.0 Å². The van der Waals surface area contributed by atoms with Gasteiger partial charge in [-0.1, -0.05) is 0 Å². The summed E-state index contributed by atoms with van der Waals surface area (Å²) in [4.78, 5) is 2.76. The molecule has 4 heteroatoms. The highest BCUT2D eigenvalue weighted by Gasteiger charge is 2.44. The number of thioether (sulfide) groups is 1. The number of nitrogens with one attached hydrogen (secondary N) is 1. The normalized spacial score (nSPS) is 36.4. The zero-order valence-electron chi connectivity index (χ0n) is 9.21. The standard InChI is InChI=1S/C11H20N2OS/c1-5-15-6-2-11(1)9-12-7-10-8-14-4-3-13(10)11/h10,12H,1-9H2. The maximum Gasteiger partial charge on any atom is 0.0635 e. The van der Waals surface area contributed by atoms with Crippen molar-refractivity contribution < 1.29 is 4.74 Å². The van der Waals surface area contributed by atoms with Crippen molar-refractivity contribution in [1.29, 1.82) is 0 Å². The fraction of sp³-hybridized carbons (Fsp3) is 1.00. The molecular formula is C11H20N2OS. The van der Waals surface area contributed by atoms with Crippen molar-refractivity contribution in [2.75, 3.05) is 44.4 Å². The second-order valence-corrected chi connectivity index (χ2v) is 6.11. The summed E-state index contributed by atoms with van der Waals surface area (Å²) in [6, 6.07) is 0.635. The van der Waals surface area contributed by atoms with Gasteiger partial charge in [0.05, 0.1) is 13.2 Å². The molecule has 1 N–H and O–H groups in total. The summed E-state index contributed by atoms with van der Waals surface area (Å²) in [5.74, 6) is 2.68. The highest BCUT2D eigenvalue weighted by Crippen LogP contribution is 2.35.